The van der Waals surface area contributed by atoms with E-state index >= 15 is 0 Å². The molecule has 0 spiro atoms. The minimum Gasteiger partial charge on any atom is -0.497 e. The van der Waals surface area contributed by atoms with Crippen molar-refractivity contribution in [1.82, 2.24) is 0 Å². The Morgan fingerprint density at radius 3 is 2.26 bits per heavy atom. The van der Waals surface area contributed by atoms with Gasteiger partial charge in [0, 0.05) is 6.42 Å². The molecule has 0 aliphatic carbocycles. The molecule has 1 unspecified atom stereocenters. The Morgan fingerprint density at radius 1 is 1.17 bits per heavy atom. The zero-order chi connectivity index (χ0) is 16.9. The quantitative estimate of drug-likeness (QED) is 0.762. The number of rotatable bonds is 6. The second-order valence-corrected chi connectivity index (χ2v) is 7.15. The summed E-state index contributed by atoms with van der Waals surface area (Å²) >= 11 is 0. The molecule has 0 radical (unpaired) electrons. The number of benzene rings is 2. The van der Waals surface area contributed by atoms with E-state index < -0.39 is 14.6 Å². The van der Waals surface area contributed by atoms with Crippen LogP contribution in [-0.4, -0.2) is 15.5 Å². The fourth-order valence-corrected chi connectivity index (χ4v) is 4.22. The van der Waals surface area contributed by atoms with Crippen LogP contribution in [0.3, 0.4) is 0 Å². The van der Waals surface area contributed by atoms with Crippen molar-refractivity contribution in [3.05, 3.63) is 72.8 Å². The number of nitriles is 1. The summed E-state index contributed by atoms with van der Waals surface area (Å²) in [5.74, 6) is 0.551. The summed E-state index contributed by atoms with van der Waals surface area (Å²) < 4.78 is 29.7. The normalized spacial score (nSPS) is 13.6. The van der Waals surface area contributed by atoms with Crippen LogP contribution in [0, 0.1) is 11.3 Å². The van der Waals surface area contributed by atoms with Crippen LogP contribution >= 0.6 is 0 Å². The van der Waals surface area contributed by atoms with Gasteiger partial charge < -0.3 is 4.74 Å². The lowest BCUT2D eigenvalue weighted by Gasteiger charge is -2.26. The number of allylic oxidation sites excluding steroid dienone is 1. The van der Waals surface area contributed by atoms with Crippen molar-refractivity contribution >= 4 is 9.84 Å². The number of sulfone groups is 1. The molecule has 2 aromatic rings. The van der Waals surface area contributed by atoms with Crippen molar-refractivity contribution in [2.45, 2.75) is 16.1 Å². The van der Waals surface area contributed by atoms with E-state index in [1.807, 2.05) is 6.07 Å². The van der Waals surface area contributed by atoms with Gasteiger partial charge in [-0.25, -0.2) is 8.42 Å². The first-order valence-corrected chi connectivity index (χ1v) is 8.46. The molecule has 0 aliphatic heterocycles. The summed E-state index contributed by atoms with van der Waals surface area (Å²) in [6, 6.07) is 16.5. The minimum absolute atomic E-state index is 0.00186. The molecule has 0 saturated carbocycles. The molecule has 0 aromatic heterocycles. The predicted octanol–water partition coefficient (Wildman–Crippen LogP) is 3.46. The van der Waals surface area contributed by atoms with Gasteiger partial charge in [0.05, 0.1) is 18.1 Å². The first kappa shape index (κ1) is 16.8. The lowest BCUT2D eigenvalue weighted by Crippen LogP contribution is -2.34. The van der Waals surface area contributed by atoms with Gasteiger partial charge in [-0.15, -0.1) is 6.58 Å². The molecule has 0 saturated heterocycles. The molecule has 1 atom stereocenters. The highest BCUT2D eigenvalue weighted by Crippen LogP contribution is 2.38. The number of hydrogen-bond acceptors (Lipinski definition) is 4. The van der Waals surface area contributed by atoms with Crippen LogP contribution in [0.25, 0.3) is 0 Å². The Balaban J connectivity index is 2.67. The van der Waals surface area contributed by atoms with E-state index in [0.29, 0.717) is 11.3 Å². The second-order valence-electron chi connectivity index (χ2n) is 4.98. The van der Waals surface area contributed by atoms with Crippen molar-refractivity contribution < 1.29 is 13.2 Å². The van der Waals surface area contributed by atoms with E-state index in [1.165, 1.54) is 25.3 Å². The van der Waals surface area contributed by atoms with E-state index in [9.17, 15) is 13.7 Å². The molecular formula is C18H17NO3S. The molecule has 0 N–H and O–H groups in total. The summed E-state index contributed by atoms with van der Waals surface area (Å²) in [6.07, 6.45) is 1.46. The first-order chi connectivity index (χ1) is 11.0. The molecule has 118 valence electrons. The standard InChI is InChI=1S/C18H17NO3S/c1-3-13-18(14-19,15-7-5-4-6-8-15)23(20,21)17-11-9-16(22-2)10-12-17/h3-12H,1,13H2,2H3. The molecule has 0 fully saturated rings. The Kier molecular flexibility index (Phi) is 4.87. The Hall–Kier alpha value is -2.58. The fourth-order valence-electron chi connectivity index (χ4n) is 2.42. The molecule has 2 aromatic carbocycles. The molecule has 4 nitrogen and oxygen atoms in total. The summed E-state index contributed by atoms with van der Waals surface area (Å²) in [5, 5.41) is 9.76. The Labute approximate surface area is 136 Å². The van der Waals surface area contributed by atoms with E-state index in [0.717, 1.165) is 0 Å². The van der Waals surface area contributed by atoms with E-state index in [1.54, 1.807) is 42.5 Å². The molecule has 2 rings (SSSR count). The molecule has 0 bridgehead atoms. The average molecular weight is 327 g/mol. The van der Waals surface area contributed by atoms with Gasteiger partial charge in [0.1, 0.15) is 5.75 Å². The number of ether oxygens (including phenoxy) is 1. The van der Waals surface area contributed by atoms with Gasteiger partial charge in [-0.2, -0.15) is 5.26 Å². The highest BCUT2D eigenvalue weighted by Gasteiger charge is 2.46. The van der Waals surface area contributed by atoms with E-state index in [2.05, 4.69) is 6.58 Å². The van der Waals surface area contributed by atoms with Gasteiger partial charge in [0.2, 0.25) is 9.84 Å². The van der Waals surface area contributed by atoms with Crippen LogP contribution in [0.4, 0.5) is 0 Å². The Morgan fingerprint density at radius 2 is 1.78 bits per heavy atom. The maximum Gasteiger partial charge on any atom is 0.202 e. The summed E-state index contributed by atoms with van der Waals surface area (Å²) in [4.78, 5) is 0.0746. The predicted molar refractivity (Wildman–Crippen MR) is 88.7 cm³/mol. The molecule has 0 amide bonds. The smallest absolute Gasteiger partial charge is 0.202 e. The van der Waals surface area contributed by atoms with E-state index in [4.69, 9.17) is 4.74 Å². The SMILES string of the molecule is C=CCC(C#N)(c1ccccc1)S(=O)(=O)c1ccc(OC)cc1. The summed E-state index contributed by atoms with van der Waals surface area (Å²) in [5.41, 5.74) is 0.429. The third-order valence-electron chi connectivity index (χ3n) is 3.68. The van der Waals surface area contributed by atoms with Gasteiger partial charge in [-0.1, -0.05) is 36.4 Å². The Bertz CT molecular complexity index is 821. The molecule has 23 heavy (non-hydrogen) atoms. The van der Waals surface area contributed by atoms with Gasteiger partial charge >= 0.3 is 0 Å². The van der Waals surface area contributed by atoms with Crippen LogP contribution in [0.15, 0.2) is 72.1 Å². The molecule has 0 heterocycles. The third-order valence-corrected chi connectivity index (χ3v) is 5.98. The molecular weight excluding hydrogens is 310 g/mol. The zero-order valence-electron chi connectivity index (χ0n) is 12.8. The van der Waals surface area contributed by atoms with Crippen molar-refractivity contribution in [3.8, 4) is 11.8 Å². The van der Waals surface area contributed by atoms with Crippen molar-refractivity contribution in [2.75, 3.05) is 7.11 Å². The van der Waals surface area contributed by atoms with Crippen LogP contribution in [-0.2, 0) is 14.6 Å². The lowest BCUT2D eigenvalue weighted by atomic mass is 9.96. The van der Waals surface area contributed by atoms with Crippen LogP contribution in [0.5, 0.6) is 5.75 Å². The topological polar surface area (TPSA) is 67.2 Å². The fraction of sp³-hybridized carbons (Fsp3) is 0.167. The zero-order valence-corrected chi connectivity index (χ0v) is 13.6. The highest BCUT2D eigenvalue weighted by molar-refractivity contribution is 7.92. The average Bonchev–Trinajstić information content (AvgIpc) is 2.60. The molecule has 5 heteroatoms. The van der Waals surface area contributed by atoms with Crippen molar-refractivity contribution in [2.24, 2.45) is 0 Å². The number of hydrogen-bond donors (Lipinski definition) is 0. The largest absolute Gasteiger partial charge is 0.497 e. The number of nitrogens with zero attached hydrogens (tertiary/aromatic N) is 1. The second kappa shape index (κ2) is 6.67. The maximum absolute atomic E-state index is 13.2. The number of methoxy groups -OCH3 is 1. The highest BCUT2D eigenvalue weighted by atomic mass is 32.2. The van der Waals surface area contributed by atoms with Gasteiger partial charge in [0.25, 0.3) is 0 Å². The van der Waals surface area contributed by atoms with Gasteiger partial charge in [-0.05, 0) is 29.8 Å². The summed E-state index contributed by atoms with van der Waals surface area (Å²) in [7, 11) is -2.44. The van der Waals surface area contributed by atoms with E-state index in [-0.39, 0.29) is 11.3 Å². The lowest BCUT2D eigenvalue weighted by molar-refractivity contribution is 0.414. The van der Waals surface area contributed by atoms with Crippen LogP contribution < -0.4 is 4.74 Å². The first-order valence-electron chi connectivity index (χ1n) is 6.98. The monoisotopic (exact) mass is 327 g/mol. The molecule has 0 aliphatic rings. The van der Waals surface area contributed by atoms with Gasteiger partial charge in [-0.3, -0.25) is 0 Å². The van der Waals surface area contributed by atoms with Crippen molar-refractivity contribution in [1.29, 1.82) is 5.26 Å². The third kappa shape index (κ3) is 2.86. The van der Waals surface area contributed by atoms with Crippen LogP contribution in [0.1, 0.15) is 12.0 Å². The van der Waals surface area contributed by atoms with Crippen molar-refractivity contribution in [3.63, 3.8) is 0 Å². The summed E-state index contributed by atoms with van der Waals surface area (Å²) in [6.45, 7) is 3.62. The minimum atomic E-state index is -3.94. The van der Waals surface area contributed by atoms with Crippen LogP contribution in [0.2, 0.25) is 0 Å². The van der Waals surface area contributed by atoms with Gasteiger partial charge in [0.15, 0.2) is 4.75 Å². The maximum atomic E-state index is 13.2.